The number of hydrogen-bond donors (Lipinski definition) is 1. The summed E-state index contributed by atoms with van der Waals surface area (Å²) < 4.78 is 11.3. The number of carbonyl (C=O) groups is 1. The number of aliphatic hydroxyl groups is 1. The lowest BCUT2D eigenvalue weighted by Crippen LogP contribution is -2.53. The summed E-state index contributed by atoms with van der Waals surface area (Å²) >= 11 is 0. The van der Waals surface area contributed by atoms with Crippen molar-refractivity contribution in [3.05, 3.63) is 29.8 Å². The van der Waals surface area contributed by atoms with Gasteiger partial charge in [-0.05, 0) is 30.7 Å². The summed E-state index contributed by atoms with van der Waals surface area (Å²) in [6.07, 6.45) is 1.50. The van der Waals surface area contributed by atoms with Crippen molar-refractivity contribution < 1.29 is 19.4 Å². The largest absolute Gasteiger partial charge is 0.492 e. The van der Waals surface area contributed by atoms with Crippen molar-refractivity contribution in [1.29, 1.82) is 0 Å². The quantitative estimate of drug-likeness (QED) is 0.788. The van der Waals surface area contributed by atoms with Crippen molar-refractivity contribution in [1.82, 2.24) is 14.7 Å². The summed E-state index contributed by atoms with van der Waals surface area (Å²) in [6.45, 7) is 7.50. The Hall–Kier alpha value is -1.67. The highest BCUT2D eigenvalue weighted by Gasteiger charge is 2.44. The second kappa shape index (κ2) is 8.83. The van der Waals surface area contributed by atoms with Crippen LogP contribution in [-0.2, 0) is 16.1 Å². The summed E-state index contributed by atoms with van der Waals surface area (Å²) in [5.74, 6) is 2.07. The van der Waals surface area contributed by atoms with Gasteiger partial charge in [-0.2, -0.15) is 0 Å². The summed E-state index contributed by atoms with van der Waals surface area (Å²) in [5.41, 5.74) is 1.15. The average Bonchev–Trinajstić information content (AvgIpc) is 3.06. The molecule has 0 unspecified atom stereocenters. The van der Waals surface area contributed by atoms with E-state index < -0.39 is 0 Å². The summed E-state index contributed by atoms with van der Waals surface area (Å²) in [4.78, 5) is 19.7. The van der Waals surface area contributed by atoms with Gasteiger partial charge in [-0.3, -0.25) is 14.6 Å². The van der Waals surface area contributed by atoms with Crippen LogP contribution in [0.25, 0.3) is 0 Å². The Bertz CT molecular complexity index is 754. The molecule has 3 heterocycles. The van der Waals surface area contributed by atoms with Gasteiger partial charge in [-0.1, -0.05) is 18.2 Å². The number of likely N-dealkylation sites (tertiary alicyclic amines) is 1. The second-order valence-corrected chi connectivity index (χ2v) is 9.24. The highest BCUT2D eigenvalue weighted by molar-refractivity contribution is 5.78. The third-order valence-electron chi connectivity index (χ3n) is 7.37. The van der Waals surface area contributed by atoms with Crippen molar-refractivity contribution in [2.45, 2.75) is 31.5 Å². The first-order valence-electron chi connectivity index (χ1n) is 11.4. The number of nitrogens with zero attached hydrogens (tertiary/aromatic N) is 3. The van der Waals surface area contributed by atoms with Crippen molar-refractivity contribution >= 4 is 5.91 Å². The maximum Gasteiger partial charge on any atom is 0.236 e. The van der Waals surface area contributed by atoms with Gasteiger partial charge in [0.2, 0.25) is 5.91 Å². The zero-order valence-electron chi connectivity index (χ0n) is 17.6. The number of fused-ring (bicyclic) bond motifs is 2. The molecule has 0 radical (unpaired) electrons. The maximum atomic E-state index is 13.1. The Balaban J connectivity index is 1.18. The van der Waals surface area contributed by atoms with E-state index in [4.69, 9.17) is 9.47 Å². The van der Waals surface area contributed by atoms with E-state index in [-0.39, 0.29) is 18.1 Å². The minimum atomic E-state index is -0.293. The Morgan fingerprint density at radius 3 is 2.63 bits per heavy atom. The van der Waals surface area contributed by atoms with Crippen molar-refractivity contribution in [2.75, 3.05) is 59.1 Å². The smallest absolute Gasteiger partial charge is 0.236 e. The normalized spacial score (nSPS) is 32.8. The number of carbonyl (C=O) groups excluding carboxylic acids is 1. The Labute approximate surface area is 178 Å². The molecule has 1 saturated carbocycles. The standard InChI is InChI=1S/C23H33N3O4/c27-21-12-19-15-26(14-18(19)11-20(21)25-6-8-29-9-7-25)23(28)16-24-5-10-30-22-4-2-1-3-17(22)13-24/h1-4,18-21,27H,5-16H2/t18-,19+,20-,21-/m1/s1. The van der Waals surface area contributed by atoms with E-state index in [0.717, 1.165) is 76.6 Å². The van der Waals surface area contributed by atoms with Crippen LogP contribution >= 0.6 is 0 Å². The van der Waals surface area contributed by atoms with Gasteiger partial charge in [0.1, 0.15) is 12.4 Å². The van der Waals surface area contributed by atoms with E-state index in [9.17, 15) is 9.90 Å². The molecule has 1 amide bonds. The van der Waals surface area contributed by atoms with Crippen molar-refractivity contribution in [3.63, 3.8) is 0 Å². The molecule has 4 aliphatic rings. The molecule has 7 heteroatoms. The Morgan fingerprint density at radius 2 is 1.80 bits per heavy atom. The predicted molar refractivity (Wildman–Crippen MR) is 112 cm³/mol. The zero-order valence-corrected chi connectivity index (χ0v) is 17.6. The fourth-order valence-corrected chi connectivity index (χ4v) is 5.72. The van der Waals surface area contributed by atoms with Crippen LogP contribution in [0.3, 0.4) is 0 Å². The molecule has 5 rings (SSSR count). The van der Waals surface area contributed by atoms with Gasteiger partial charge < -0.3 is 19.5 Å². The summed E-state index contributed by atoms with van der Waals surface area (Å²) in [5, 5.41) is 10.8. The molecule has 2 saturated heterocycles. The average molecular weight is 416 g/mol. The summed E-state index contributed by atoms with van der Waals surface area (Å²) in [6, 6.07) is 8.31. The lowest BCUT2D eigenvalue weighted by Gasteiger charge is -2.43. The molecule has 7 nitrogen and oxygen atoms in total. The third-order valence-corrected chi connectivity index (χ3v) is 7.37. The molecule has 0 aromatic heterocycles. The van der Waals surface area contributed by atoms with Gasteiger partial charge in [0, 0.05) is 50.9 Å². The topological polar surface area (TPSA) is 65.5 Å². The van der Waals surface area contributed by atoms with Crippen LogP contribution in [0.1, 0.15) is 18.4 Å². The number of morpholine rings is 1. The molecule has 1 aromatic rings. The Kier molecular flexibility index (Phi) is 5.96. The van der Waals surface area contributed by atoms with Crippen LogP contribution in [0, 0.1) is 11.8 Å². The molecule has 1 N–H and O–H groups in total. The van der Waals surface area contributed by atoms with E-state index in [1.807, 2.05) is 23.1 Å². The summed E-state index contributed by atoms with van der Waals surface area (Å²) in [7, 11) is 0. The first kappa shape index (κ1) is 20.2. The monoisotopic (exact) mass is 415 g/mol. The number of rotatable bonds is 3. The molecular weight excluding hydrogens is 382 g/mol. The van der Waals surface area contributed by atoms with Crippen molar-refractivity contribution in [2.24, 2.45) is 11.8 Å². The number of para-hydroxylation sites is 1. The molecule has 4 atom stereocenters. The molecule has 1 aromatic carbocycles. The molecule has 1 aliphatic carbocycles. The van der Waals surface area contributed by atoms with Gasteiger partial charge in [-0.15, -0.1) is 0 Å². The van der Waals surface area contributed by atoms with E-state index in [1.165, 1.54) is 0 Å². The van der Waals surface area contributed by atoms with Crippen LogP contribution in [-0.4, -0.2) is 96.9 Å². The molecule has 164 valence electrons. The van der Waals surface area contributed by atoms with Crippen LogP contribution in [0.15, 0.2) is 24.3 Å². The highest BCUT2D eigenvalue weighted by atomic mass is 16.5. The minimum absolute atomic E-state index is 0.209. The molecule has 3 fully saturated rings. The molecule has 0 bridgehead atoms. The molecule has 30 heavy (non-hydrogen) atoms. The lowest BCUT2D eigenvalue weighted by molar-refractivity contribution is -0.131. The number of ether oxygens (including phenoxy) is 2. The van der Waals surface area contributed by atoms with Crippen LogP contribution in [0.5, 0.6) is 5.75 Å². The van der Waals surface area contributed by atoms with Gasteiger partial charge in [0.05, 0.1) is 25.9 Å². The van der Waals surface area contributed by atoms with Gasteiger partial charge >= 0.3 is 0 Å². The lowest BCUT2D eigenvalue weighted by atomic mass is 9.77. The second-order valence-electron chi connectivity index (χ2n) is 9.24. The highest BCUT2D eigenvalue weighted by Crippen LogP contribution is 2.38. The first-order chi connectivity index (χ1) is 14.7. The van der Waals surface area contributed by atoms with Crippen LogP contribution in [0.4, 0.5) is 0 Å². The number of hydrogen-bond acceptors (Lipinski definition) is 6. The number of amides is 1. The van der Waals surface area contributed by atoms with E-state index >= 15 is 0 Å². The van der Waals surface area contributed by atoms with E-state index in [0.29, 0.717) is 25.0 Å². The minimum Gasteiger partial charge on any atom is -0.492 e. The van der Waals surface area contributed by atoms with Gasteiger partial charge in [0.15, 0.2) is 0 Å². The van der Waals surface area contributed by atoms with Crippen molar-refractivity contribution in [3.8, 4) is 5.75 Å². The fraction of sp³-hybridized carbons (Fsp3) is 0.696. The van der Waals surface area contributed by atoms with Gasteiger partial charge in [0.25, 0.3) is 0 Å². The molecule has 3 aliphatic heterocycles. The SMILES string of the molecule is O=C(CN1CCOc2ccccc2C1)N1C[C@H]2C[C@@H](N3CCOCC3)[C@H](O)C[C@H]2C1. The molecule has 0 spiro atoms. The predicted octanol–water partition coefficient (Wildman–Crippen LogP) is 0.811. The van der Waals surface area contributed by atoms with Gasteiger partial charge in [-0.25, -0.2) is 0 Å². The fourth-order valence-electron chi connectivity index (χ4n) is 5.72. The number of aliphatic hydroxyl groups excluding tert-OH is 1. The zero-order chi connectivity index (χ0) is 20.5. The molecular formula is C23H33N3O4. The Morgan fingerprint density at radius 1 is 1.03 bits per heavy atom. The maximum absolute atomic E-state index is 13.1. The first-order valence-corrected chi connectivity index (χ1v) is 11.4. The number of benzene rings is 1. The third kappa shape index (κ3) is 4.21. The van der Waals surface area contributed by atoms with Crippen LogP contribution < -0.4 is 4.74 Å². The van der Waals surface area contributed by atoms with E-state index in [2.05, 4.69) is 15.9 Å². The van der Waals surface area contributed by atoms with Crippen LogP contribution in [0.2, 0.25) is 0 Å². The van der Waals surface area contributed by atoms with E-state index in [1.54, 1.807) is 0 Å².